The molecule has 0 aliphatic carbocycles. The Kier molecular flexibility index (Phi) is 8.20. The van der Waals surface area contributed by atoms with Gasteiger partial charge in [-0.1, -0.05) is 42.5 Å². The minimum atomic E-state index is -1.13. The van der Waals surface area contributed by atoms with Crippen molar-refractivity contribution in [1.82, 2.24) is 10.6 Å². The summed E-state index contributed by atoms with van der Waals surface area (Å²) < 4.78 is 5.52. The number of halogens is 1. The summed E-state index contributed by atoms with van der Waals surface area (Å²) in [5.74, 6) is -0.413. The molecule has 1 aliphatic rings. The molecule has 1 heterocycles. The van der Waals surface area contributed by atoms with Crippen LogP contribution in [0.5, 0.6) is 0 Å². The molecule has 3 rings (SSSR count). The summed E-state index contributed by atoms with van der Waals surface area (Å²) in [5, 5.41) is 5.77. The maximum atomic E-state index is 12.6. The number of hydrogen-bond acceptors (Lipinski definition) is 4. The minimum Gasteiger partial charge on any atom is -0.376 e. The number of nitrogens with one attached hydrogen (secondary N) is 2. The Hall–Kier alpha value is -2.41. The summed E-state index contributed by atoms with van der Waals surface area (Å²) in [6.07, 6.45) is 2.12. The van der Waals surface area contributed by atoms with E-state index in [1.807, 2.05) is 36.4 Å². The normalized spacial score (nSPS) is 17.7. The van der Waals surface area contributed by atoms with Gasteiger partial charge < -0.3 is 21.1 Å². The van der Waals surface area contributed by atoms with Gasteiger partial charge in [-0.05, 0) is 43.0 Å². The van der Waals surface area contributed by atoms with Gasteiger partial charge in [-0.3, -0.25) is 9.59 Å². The third-order valence-electron chi connectivity index (χ3n) is 5.00. The zero-order valence-electron chi connectivity index (χ0n) is 16.5. The van der Waals surface area contributed by atoms with Crippen molar-refractivity contribution in [1.29, 1.82) is 0 Å². The van der Waals surface area contributed by atoms with Crippen molar-refractivity contribution in [3.63, 3.8) is 0 Å². The van der Waals surface area contributed by atoms with Crippen molar-refractivity contribution < 1.29 is 14.3 Å². The second-order valence-corrected chi connectivity index (χ2v) is 7.30. The molecule has 1 aliphatic heterocycles. The van der Waals surface area contributed by atoms with Crippen LogP contribution in [0.3, 0.4) is 0 Å². The summed E-state index contributed by atoms with van der Waals surface area (Å²) in [5.41, 5.74) is 7.25. The summed E-state index contributed by atoms with van der Waals surface area (Å²) in [4.78, 5) is 24.9. The highest BCUT2D eigenvalue weighted by molar-refractivity contribution is 5.94. The summed E-state index contributed by atoms with van der Waals surface area (Å²) in [6.45, 7) is 3.26. The van der Waals surface area contributed by atoms with E-state index in [-0.39, 0.29) is 30.3 Å². The molecule has 0 radical (unpaired) electrons. The summed E-state index contributed by atoms with van der Waals surface area (Å²) >= 11 is 0. The fourth-order valence-corrected chi connectivity index (χ4v) is 3.22. The number of nitrogens with two attached hydrogens (primary N) is 1. The van der Waals surface area contributed by atoms with Gasteiger partial charge in [-0.2, -0.15) is 0 Å². The van der Waals surface area contributed by atoms with Crippen LogP contribution in [0.2, 0.25) is 0 Å². The molecule has 2 unspecified atom stereocenters. The van der Waals surface area contributed by atoms with Crippen molar-refractivity contribution in [3.05, 3.63) is 71.3 Å². The average molecular weight is 418 g/mol. The minimum absolute atomic E-state index is 0. The van der Waals surface area contributed by atoms with Crippen molar-refractivity contribution in [3.8, 4) is 0 Å². The van der Waals surface area contributed by atoms with Crippen LogP contribution in [0.15, 0.2) is 54.6 Å². The van der Waals surface area contributed by atoms with Crippen molar-refractivity contribution in [2.24, 2.45) is 5.73 Å². The molecule has 0 saturated carbocycles. The number of carbonyl (C=O) groups excluding carboxylic acids is 2. The van der Waals surface area contributed by atoms with Gasteiger partial charge in [0.15, 0.2) is 0 Å². The monoisotopic (exact) mass is 417 g/mol. The fourth-order valence-electron chi connectivity index (χ4n) is 3.22. The van der Waals surface area contributed by atoms with E-state index in [2.05, 4.69) is 10.6 Å². The van der Waals surface area contributed by atoms with Crippen molar-refractivity contribution >= 4 is 24.2 Å². The van der Waals surface area contributed by atoms with Gasteiger partial charge in [0.1, 0.15) is 5.54 Å². The molecular formula is C22H28ClN3O3. The predicted molar refractivity (Wildman–Crippen MR) is 115 cm³/mol. The van der Waals surface area contributed by atoms with Crippen LogP contribution >= 0.6 is 12.4 Å². The second kappa shape index (κ2) is 10.4. The standard InChI is InChI=1S/C22H27N3O3.ClH/c1-22(23,18-9-3-2-4-10-18)21(27)25-14-16-7-5-8-17(13-16)20(26)24-15-19-11-6-12-28-19;/h2-5,7-10,13,19H,6,11-12,14-15,23H2,1H3,(H,24,26)(H,25,27);1H. The quantitative estimate of drug-likeness (QED) is 0.645. The highest BCUT2D eigenvalue weighted by Crippen LogP contribution is 2.18. The van der Waals surface area contributed by atoms with E-state index in [1.165, 1.54) is 0 Å². The fraction of sp³-hybridized carbons (Fsp3) is 0.364. The largest absolute Gasteiger partial charge is 0.376 e. The van der Waals surface area contributed by atoms with E-state index in [4.69, 9.17) is 10.5 Å². The van der Waals surface area contributed by atoms with E-state index in [0.717, 1.165) is 30.6 Å². The van der Waals surface area contributed by atoms with Gasteiger partial charge in [-0.25, -0.2) is 0 Å². The van der Waals surface area contributed by atoms with Gasteiger partial charge in [-0.15, -0.1) is 12.4 Å². The first-order valence-electron chi connectivity index (χ1n) is 9.58. The Bertz CT molecular complexity index is 821. The Morgan fingerprint density at radius 2 is 1.90 bits per heavy atom. The first-order valence-corrected chi connectivity index (χ1v) is 9.58. The molecule has 0 bridgehead atoms. The van der Waals surface area contributed by atoms with Gasteiger partial charge in [0.2, 0.25) is 5.91 Å². The van der Waals surface area contributed by atoms with Crippen LogP contribution in [-0.4, -0.2) is 31.1 Å². The Labute approximate surface area is 177 Å². The molecule has 4 N–H and O–H groups in total. The first-order chi connectivity index (χ1) is 13.5. The number of rotatable bonds is 7. The lowest BCUT2D eigenvalue weighted by atomic mass is 9.92. The molecule has 6 nitrogen and oxygen atoms in total. The molecule has 2 atom stereocenters. The van der Waals surface area contributed by atoms with Crippen LogP contribution in [-0.2, 0) is 21.6 Å². The maximum absolute atomic E-state index is 12.6. The molecule has 2 amide bonds. The van der Waals surface area contributed by atoms with Gasteiger partial charge in [0.25, 0.3) is 5.91 Å². The van der Waals surface area contributed by atoms with Gasteiger partial charge in [0, 0.05) is 25.3 Å². The van der Waals surface area contributed by atoms with Crippen LogP contribution < -0.4 is 16.4 Å². The molecule has 0 aromatic heterocycles. The highest BCUT2D eigenvalue weighted by atomic mass is 35.5. The maximum Gasteiger partial charge on any atom is 0.251 e. The SMILES string of the molecule is CC(N)(C(=O)NCc1cccc(C(=O)NCC2CCCO2)c1)c1ccccc1.Cl. The molecule has 1 saturated heterocycles. The molecule has 2 aromatic carbocycles. The number of amides is 2. The third kappa shape index (κ3) is 6.03. The van der Waals surface area contributed by atoms with Crippen molar-refractivity contribution in [2.75, 3.05) is 13.2 Å². The lowest BCUT2D eigenvalue weighted by Gasteiger charge is -2.24. The zero-order chi connectivity index (χ0) is 20.0. The first kappa shape index (κ1) is 22.9. The summed E-state index contributed by atoms with van der Waals surface area (Å²) in [6, 6.07) is 16.5. The second-order valence-electron chi connectivity index (χ2n) is 7.30. The highest BCUT2D eigenvalue weighted by Gasteiger charge is 2.30. The molecule has 2 aromatic rings. The number of ether oxygens (including phenoxy) is 1. The van der Waals surface area contributed by atoms with Crippen LogP contribution in [0.4, 0.5) is 0 Å². The molecule has 29 heavy (non-hydrogen) atoms. The van der Waals surface area contributed by atoms with E-state index in [0.29, 0.717) is 18.7 Å². The zero-order valence-corrected chi connectivity index (χ0v) is 17.3. The van der Waals surface area contributed by atoms with Crippen LogP contribution in [0, 0.1) is 0 Å². The van der Waals surface area contributed by atoms with Crippen LogP contribution in [0.1, 0.15) is 41.3 Å². The van der Waals surface area contributed by atoms with Crippen molar-refractivity contribution in [2.45, 2.75) is 38.0 Å². The van der Waals surface area contributed by atoms with E-state index in [9.17, 15) is 9.59 Å². The van der Waals surface area contributed by atoms with Gasteiger partial charge >= 0.3 is 0 Å². The molecule has 0 spiro atoms. The van der Waals surface area contributed by atoms with Crippen LogP contribution in [0.25, 0.3) is 0 Å². The molecule has 156 valence electrons. The third-order valence-corrected chi connectivity index (χ3v) is 5.00. The number of benzene rings is 2. The van der Waals surface area contributed by atoms with E-state index in [1.54, 1.807) is 25.1 Å². The average Bonchev–Trinajstić information content (AvgIpc) is 3.24. The lowest BCUT2D eigenvalue weighted by Crippen LogP contribution is -2.48. The van der Waals surface area contributed by atoms with Gasteiger partial charge in [0.05, 0.1) is 6.10 Å². The lowest BCUT2D eigenvalue weighted by molar-refractivity contribution is -0.126. The molecule has 7 heteroatoms. The number of carbonyl (C=O) groups is 2. The Balaban J connectivity index is 0.00000300. The van der Waals surface area contributed by atoms with E-state index >= 15 is 0 Å². The molecular weight excluding hydrogens is 390 g/mol. The Morgan fingerprint density at radius 3 is 2.59 bits per heavy atom. The number of hydrogen-bond donors (Lipinski definition) is 3. The molecule has 1 fully saturated rings. The topological polar surface area (TPSA) is 93.5 Å². The predicted octanol–water partition coefficient (Wildman–Crippen LogP) is 2.51. The Morgan fingerprint density at radius 1 is 1.14 bits per heavy atom. The van der Waals surface area contributed by atoms with E-state index < -0.39 is 5.54 Å². The smallest absolute Gasteiger partial charge is 0.251 e. The summed E-state index contributed by atoms with van der Waals surface area (Å²) in [7, 11) is 0.